The quantitative estimate of drug-likeness (QED) is 0.750. The number of ether oxygens (including phenoxy) is 1. The van der Waals surface area contributed by atoms with Gasteiger partial charge < -0.3 is 15.2 Å². The first kappa shape index (κ1) is 14.6. The molecule has 0 saturated heterocycles. The van der Waals surface area contributed by atoms with Gasteiger partial charge in [-0.1, -0.05) is 19.1 Å². The summed E-state index contributed by atoms with van der Waals surface area (Å²) >= 11 is 0. The predicted octanol–water partition coefficient (Wildman–Crippen LogP) is 1.69. The zero-order valence-electron chi connectivity index (χ0n) is 11.4. The van der Waals surface area contributed by atoms with Crippen molar-refractivity contribution < 1.29 is 19.4 Å². The van der Waals surface area contributed by atoms with E-state index in [1.54, 1.807) is 12.1 Å². The smallest absolute Gasteiger partial charge is 0.353 e. The van der Waals surface area contributed by atoms with Crippen LogP contribution in [0.25, 0.3) is 0 Å². The standard InChI is InChI=1S/C14H15N3O4/c1-2-9-3-5-10(6-4-9)21-8-13(18)15-12-7-11(14(19)20)16-17-12/h3-7H,2,8H2,1H3,(H,19,20)(H2,15,16,17,18). The summed E-state index contributed by atoms with van der Waals surface area (Å²) in [5.74, 6) is -0.828. The van der Waals surface area contributed by atoms with Gasteiger partial charge in [0.1, 0.15) is 11.4 Å². The van der Waals surface area contributed by atoms with Crippen LogP contribution in [0.4, 0.5) is 5.82 Å². The molecule has 7 heteroatoms. The number of aryl methyl sites for hydroxylation is 1. The Hall–Kier alpha value is -2.83. The molecule has 110 valence electrons. The molecular formula is C14H15N3O4. The number of hydrogen-bond donors (Lipinski definition) is 3. The molecule has 1 heterocycles. The predicted molar refractivity (Wildman–Crippen MR) is 75.5 cm³/mol. The van der Waals surface area contributed by atoms with Crippen molar-refractivity contribution in [1.82, 2.24) is 10.2 Å². The molecule has 2 rings (SSSR count). The van der Waals surface area contributed by atoms with Crippen LogP contribution in [0.5, 0.6) is 5.75 Å². The minimum Gasteiger partial charge on any atom is -0.484 e. The Labute approximate surface area is 120 Å². The van der Waals surface area contributed by atoms with Gasteiger partial charge in [0, 0.05) is 6.07 Å². The highest BCUT2D eigenvalue weighted by molar-refractivity contribution is 5.93. The topological polar surface area (TPSA) is 104 Å². The molecule has 0 aliphatic heterocycles. The van der Waals surface area contributed by atoms with Gasteiger partial charge in [0.05, 0.1) is 0 Å². The molecule has 0 bridgehead atoms. The van der Waals surface area contributed by atoms with Crippen molar-refractivity contribution in [3.63, 3.8) is 0 Å². The summed E-state index contributed by atoms with van der Waals surface area (Å²) in [4.78, 5) is 22.3. The summed E-state index contributed by atoms with van der Waals surface area (Å²) in [6.07, 6.45) is 0.936. The number of aromatic nitrogens is 2. The minimum absolute atomic E-state index is 0.0960. The summed E-state index contributed by atoms with van der Waals surface area (Å²) in [5.41, 5.74) is 1.09. The molecule has 0 radical (unpaired) electrons. The molecule has 0 aliphatic carbocycles. The average Bonchev–Trinajstić information content (AvgIpc) is 2.94. The Morgan fingerprint density at radius 2 is 2.05 bits per heavy atom. The van der Waals surface area contributed by atoms with E-state index >= 15 is 0 Å². The van der Waals surface area contributed by atoms with E-state index in [-0.39, 0.29) is 18.1 Å². The highest BCUT2D eigenvalue weighted by atomic mass is 16.5. The molecule has 0 fully saturated rings. The molecule has 0 spiro atoms. The van der Waals surface area contributed by atoms with Gasteiger partial charge in [-0.3, -0.25) is 9.89 Å². The average molecular weight is 289 g/mol. The maximum atomic E-state index is 11.7. The SMILES string of the molecule is CCc1ccc(OCC(=O)Nc2cc(C(=O)O)[nH]n2)cc1. The van der Waals surface area contributed by atoms with Gasteiger partial charge in [0.25, 0.3) is 5.91 Å². The first-order valence-electron chi connectivity index (χ1n) is 6.38. The molecule has 3 N–H and O–H groups in total. The number of carboxylic acid groups (broad SMARTS) is 1. The van der Waals surface area contributed by atoms with Crippen LogP contribution >= 0.6 is 0 Å². The van der Waals surface area contributed by atoms with Crippen LogP contribution in [0.2, 0.25) is 0 Å². The number of aromatic carboxylic acids is 1. The van der Waals surface area contributed by atoms with Gasteiger partial charge in [-0.2, -0.15) is 5.10 Å². The fraction of sp³-hybridized carbons (Fsp3) is 0.214. The summed E-state index contributed by atoms with van der Waals surface area (Å²) < 4.78 is 5.33. The fourth-order valence-electron chi connectivity index (χ4n) is 1.64. The van der Waals surface area contributed by atoms with Crippen LogP contribution in [0.1, 0.15) is 23.0 Å². The number of rotatable bonds is 6. The monoisotopic (exact) mass is 289 g/mol. The number of carbonyl (C=O) groups excluding carboxylic acids is 1. The van der Waals surface area contributed by atoms with Crippen molar-refractivity contribution in [2.75, 3.05) is 11.9 Å². The lowest BCUT2D eigenvalue weighted by Gasteiger charge is -2.06. The lowest BCUT2D eigenvalue weighted by atomic mass is 10.2. The van der Waals surface area contributed by atoms with Crippen molar-refractivity contribution in [1.29, 1.82) is 0 Å². The van der Waals surface area contributed by atoms with E-state index in [1.165, 1.54) is 11.6 Å². The maximum absolute atomic E-state index is 11.7. The number of nitrogens with zero attached hydrogens (tertiary/aromatic N) is 1. The van der Waals surface area contributed by atoms with Crippen LogP contribution in [0, 0.1) is 0 Å². The molecule has 1 aromatic heterocycles. The summed E-state index contributed by atoms with van der Waals surface area (Å²) in [5, 5.41) is 17.1. The zero-order chi connectivity index (χ0) is 15.2. The van der Waals surface area contributed by atoms with Crippen molar-refractivity contribution in [2.45, 2.75) is 13.3 Å². The Kier molecular flexibility index (Phi) is 4.55. The van der Waals surface area contributed by atoms with Gasteiger partial charge in [-0.25, -0.2) is 4.79 Å². The van der Waals surface area contributed by atoms with Crippen molar-refractivity contribution in [3.8, 4) is 5.75 Å². The van der Waals surface area contributed by atoms with E-state index in [2.05, 4.69) is 22.4 Å². The number of nitrogens with one attached hydrogen (secondary N) is 2. The number of benzene rings is 1. The fourth-order valence-corrected chi connectivity index (χ4v) is 1.64. The number of hydrogen-bond acceptors (Lipinski definition) is 4. The van der Waals surface area contributed by atoms with Gasteiger partial charge in [-0.15, -0.1) is 0 Å². The molecule has 1 amide bonds. The Morgan fingerprint density at radius 3 is 2.62 bits per heavy atom. The van der Waals surface area contributed by atoms with E-state index < -0.39 is 11.9 Å². The second kappa shape index (κ2) is 6.56. The Bertz CT molecular complexity index is 634. The Morgan fingerprint density at radius 1 is 1.33 bits per heavy atom. The number of carbonyl (C=O) groups is 2. The van der Waals surface area contributed by atoms with Crippen LogP contribution in [-0.2, 0) is 11.2 Å². The molecule has 2 aromatic rings. The van der Waals surface area contributed by atoms with Gasteiger partial charge >= 0.3 is 5.97 Å². The van der Waals surface area contributed by atoms with Crippen molar-refractivity contribution in [2.24, 2.45) is 0 Å². The highest BCUT2D eigenvalue weighted by Gasteiger charge is 2.10. The molecule has 0 saturated carbocycles. The summed E-state index contributed by atoms with van der Waals surface area (Å²) in [6, 6.07) is 8.68. The van der Waals surface area contributed by atoms with Crippen LogP contribution < -0.4 is 10.1 Å². The first-order chi connectivity index (χ1) is 10.1. The maximum Gasteiger partial charge on any atom is 0.353 e. The number of amides is 1. The van der Waals surface area contributed by atoms with E-state index in [0.717, 1.165) is 6.42 Å². The first-order valence-corrected chi connectivity index (χ1v) is 6.38. The highest BCUT2D eigenvalue weighted by Crippen LogP contribution is 2.12. The molecular weight excluding hydrogens is 274 g/mol. The number of anilines is 1. The molecule has 0 atom stereocenters. The third-order valence-corrected chi connectivity index (χ3v) is 2.78. The number of aromatic amines is 1. The minimum atomic E-state index is -1.14. The van der Waals surface area contributed by atoms with Gasteiger partial charge in [-0.05, 0) is 24.1 Å². The summed E-state index contributed by atoms with van der Waals surface area (Å²) in [7, 11) is 0. The van der Waals surface area contributed by atoms with Crippen LogP contribution in [0.15, 0.2) is 30.3 Å². The van der Waals surface area contributed by atoms with Gasteiger partial charge in [0.15, 0.2) is 12.4 Å². The van der Waals surface area contributed by atoms with Crippen molar-refractivity contribution in [3.05, 3.63) is 41.6 Å². The van der Waals surface area contributed by atoms with Crippen LogP contribution in [0.3, 0.4) is 0 Å². The van der Waals surface area contributed by atoms with Crippen LogP contribution in [-0.4, -0.2) is 33.8 Å². The van der Waals surface area contributed by atoms with Gasteiger partial charge in [0.2, 0.25) is 0 Å². The number of carboxylic acids is 1. The van der Waals surface area contributed by atoms with E-state index in [0.29, 0.717) is 5.75 Å². The molecule has 7 nitrogen and oxygen atoms in total. The zero-order valence-corrected chi connectivity index (χ0v) is 11.4. The third kappa shape index (κ3) is 4.07. The molecule has 0 aliphatic rings. The number of H-pyrrole nitrogens is 1. The lowest BCUT2D eigenvalue weighted by molar-refractivity contribution is -0.118. The van der Waals surface area contributed by atoms with E-state index in [1.807, 2.05) is 12.1 Å². The largest absolute Gasteiger partial charge is 0.484 e. The normalized spacial score (nSPS) is 10.1. The van der Waals surface area contributed by atoms with E-state index in [9.17, 15) is 9.59 Å². The third-order valence-electron chi connectivity index (χ3n) is 2.78. The Balaban J connectivity index is 1.84. The lowest BCUT2D eigenvalue weighted by Crippen LogP contribution is -2.20. The molecule has 21 heavy (non-hydrogen) atoms. The van der Waals surface area contributed by atoms with E-state index in [4.69, 9.17) is 9.84 Å². The van der Waals surface area contributed by atoms with Crippen molar-refractivity contribution >= 4 is 17.7 Å². The summed E-state index contributed by atoms with van der Waals surface area (Å²) in [6.45, 7) is 1.87. The second-order valence-corrected chi connectivity index (χ2v) is 4.31. The molecule has 1 aromatic carbocycles. The second-order valence-electron chi connectivity index (χ2n) is 4.31. The molecule has 0 unspecified atom stereocenters.